The van der Waals surface area contributed by atoms with Crippen molar-refractivity contribution in [2.45, 2.75) is 6.54 Å². The molecule has 92 valence electrons. The number of imidazole rings is 1. The van der Waals surface area contributed by atoms with Crippen LogP contribution in [0.3, 0.4) is 0 Å². The number of aromatic nitrogens is 3. The first-order valence-electron chi connectivity index (χ1n) is 5.12. The molecular formula is C11H7BrFN3OS. The number of H-pyrrole nitrogens is 1. The lowest BCUT2D eigenvalue weighted by Gasteiger charge is -2.02. The highest BCUT2D eigenvalue weighted by atomic mass is 79.9. The Labute approximate surface area is 115 Å². The Morgan fingerprint density at radius 1 is 1.50 bits per heavy atom. The van der Waals surface area contributed by atoms with Crippen molar-refractivity contribution in [1.29, 1.82) is 0 Å². The minimum absolute atomic E-state index is 0.327. The number of halogens is 2. The van der Waals surface area contributed by atoms with Crippen molar-refractivity contribution in [3.05, 3.63) is 45.2 Å². The fourth-order valence-electron chi connectivity index (χ4n) is 1.79. The molecule has 1 aromatic carbocycles. The summed E-state index contributed by atoms with van der Waals surface area (Å²) >= 11 is 8.39. The molecule has 2 heterocycles. The second-order valence-electron chi connectivity index (χ2n) is 3.79. The molecule has 0 unspecified atom stereocenters. The van der Waals surface area contributed by atoms with Crippen LogP contribution in [-0.2, 0) is 6.54 Å². The van der Waals surface area contributed by atoms with Crippen molar-refractivity contribution in [2.24, 2.45) is 0 Å². The molecule has 18 heavy (non-hydrogen) atoms. The second-order valence-corrected chi connectivity index (χ2v) is 5.03. The van der Waals surface area contributed by atoms with Gasteiger partial charge in [0.05, 0.1) is 22.1 Å². The molecule has 3 aromatic rings. The number of benzene rings is 1. The van der Waals surface area contributed by atoms with Gasteiger partial charge in [0.1, 0.15) is 17.8 Å². The molecule has 0 radical (unpaired) electrons. The number of hydrogen-bond acceptors (Lipinski definition) is 3. The second kappa shape index (κ2) is 4.33. The van der Waals surface area contributed by atoms with E-state index in [0.29, 0.717) is 21.3 Å². The highest BCUT2D eigenvalue weighted by Crippen LogP contribution is 2.23. The van der Waals surface area contributed by atoms with Crippen LogP contribution in [0.5, 0.6) is 0 Å². The van der Waals surface area contributed by atoms with Gasteiger partial charge in [-0.05, 0) is 34.2 Å². The Hall–Kier alpha value is -1.47. The van der Waals surface area contributed by atoms with Gasteiger partial charge in [0, 0.05) is 12.1 Å². The monoisotopic (exact) mass is 327 g/mol. The lowest BCUT2D eigenvalue weighted by molar-refractivity contribution is 0.410. The Morgan fingerprint density at radius 2 is 2.33 bits per heavy atom. The van der Waals surface area contributed by atoms with Gasteiger partial charge in [-0.2, -0.15) is 0 Å². The van der Waals surface area contributed by atoms with Crippen LogP contribution in [0.4, 0.5) is 4.39 Å². The molecule has 0 saturated heterocycles. The maximum absolute atomic E-state index is 13.4. The van der Waals surface area contributed by atoms with E-state index < -0.39 is 0 Å². The number of rotatable bonds is 2. The summed E-state index contributed by atoms with van der Waals surface area (Å²) in [6, 6.07) is 4.87. The zero-order valence-electron chi connectivity index (χ0n) is 8.98. The third-order valence-corrected chi connectivity index (χ3v) is 3.56. The van der Waals surface area contributed by atoms with E-state index in [0.717, 1.165) is 11.2 Å². The first-order valence-corrected chi connectivity index (χ1v) is 6.32. The number of hydrogen-bond donors (Lipinski definition) is 1. The molecule has 0 aliphatic carbocycles. The SMILES string of the molecule is Fc1cc2[nH]c(=S)n(Cc3ccon3)c2cc1Br. The molecule has 7 heteroatoms. The minimum atomic E-state index is -0.327. The van der Waals surface area contributed by atoms with Crippen LogP contribution in [0.2, 0.25) is 0 Å². The Balaban J connectivity index is 2.19. The fourth-order valence-corrected chi connectivity index (χ4v) is 2.39. The summed E-state index contributed by atoms with van der Waals surface area (Å²) in [6.45, 7) is 0.480. The van der Waals surface area contributed by atoms with Gasteiger partial charge < -0.3 is 14.1 Å². The lowest BCUT2D eigenvalue weighted by Crippen LogP contribution is -1.99. The van der Waals surface area contributed by atoms with Crippen molar-refractivity contribution in [1.82, 2.24) is 14.7 Å². The zero-order valence-corrected chi connectivity index (χ0v) is 11.4. The van der Waals surface area contributed by atoms with Crippen molar-refractivity contribution in [3.8, 4) is 0 Å². The summed E-state index contributed by atoms with van der Waals surface area (Å²) in [7, 11) is 0. The van der Waals surface area contributed by atoms with E-state index in [-0.39, 0.29) is 5.82 Å². The van der Waals surface area contributed by atoms with Gasteiger partial charge in [0.25, 0.3) is 0 Å². The Morgan fingerprint density at radius 3 is 3.06 bits per heavy atom. The van der Waals surface area contributed by atoms with Crippen LogP contribution < -0.4 is 0 Å². The van der Waals surface area contributed by atoms with Gasteiger partial charge in [-0.3, -0.25) is 0 Å². The van der Waals surface area contributed by atoms with Gasteiger partial charge in [-0.1, -0.05) is 5.16 Å². The first-order chi connectivity index (χ1) is 8.65. The van der Waals surface area contributed by atoms with E-state index in [9.17, 15) is 4.39 Å². The topological polar surface area (TPSA) is 46.8 Å². The Bertz CT molecular complexity index is 763. The van der Waals surface area contributed by atoms with Crippen LogP contribution in [-0.4, -0.2) is 14.7 Å². The standard InChI is InChI=1S/C11H7BrFN3OS/c12-7-3-10-9(4-8(7)13)14-11(18)16(10)5-6-1-2-17-15-6/h1-4H,5H2,(H,14,18). The largest absolute Gasteiger partial charge is 0.364 e. The predicted molar refractivity (Wildman–Crippen MR) is 70.4 cm³/mol. The van der Waals surface area contributed by atoms with Gasteiger partial charge in [0.15, 0.2) is 4.77 Å². The van der Waals surface area contributed by atoms with E-state index in [1.165, 1.54) is 12.3 Å². The van der Waals surface area contributed by atoms with Crippen molar-refractivity contribution in [2.75, 3.05) is 0 Å². The summed E-state index contributed by atoms with van der Waals surface area (Å²) in [5, 5.41) is 3.84. The predicted octanol–water partition coefficient (Wildman–Crippen LogP) is 3.64. The molecule has 2 aromatic heterocycles. The molecule has 4 nitrogen and oxygen atoms in total. The molecule has 0 atom stereocenters. The molecule has 0 aliphatic rings. The van der Waals surface area contributed by atoms with E-state index in [2.05, 4.69) is 26.1 Å². The first kappa shape index (κ1) is 11.6. The van der Waals surface area contributed by atoms with Gasteiger partial charge >= 0.3 is 0 Å². The number of aromatic amines is 1. The van der Waals surface area contributed by atoms with E-state index in [1.54, 1.807) is 12.1 Å². The van der Waals surface area contributed by atoms with Crippen LogP contribution in [0.15, 0.2) is 33.5 Å². The number of nitrogens with zero attached hydrogens (tertiary/aromatic N) is 2. The third kappa shape index (κ3) is 1.89. The number of fused-ring (bicyclic) bond motifs is 1. The average Bonchev–Trinajstić information content (AvgIpc) is 2.92. The summed E-state index contributed by atoms with van der Waals surface area (Å²) < 4.78 is 21.0. The quantitative estimate of drug-likeness (QED) is 0.731. The normalized spacial score (nSPS) is 11.2. The summed E-state index contributed by atoms with van der Waals surface area (Å²) in [4.78, 5) is 2.97. The number of nitrogens with one attached hydrogen (secondary N) is 1. The third-order valence-electron chi connectivity index (χ3n) is 2.63. The van der Waals surface area contributed by atoms with E-state index in [1.807, 2.05) is 4.57 Å². The summed E-state index contributed by atoms with van der Waals surface area (Å²) in [5.41, 5.74) is 2.23. The molecule has 0 aliphatic heterocycles. The molecular weight excluding hydrogens is 321 g/mol. The molecule has 0 spiro atoms. The van der Waals surface area contributed by atoms with Gasteiger partial charge in [-0.25, -0.2) is 4.39 Å². The van der Waals surface area contributed by atoms with Crippen LogP contribution in [0, 0.1) is 10.6 Å². The maximum atomic E-state index is 13.4. The minimum Gasteiger partial charge on any atom is -0.364 e. The molecule has 0 fully saturated rings. The highest BCUT2D eigenvalue weighted by molar-refractivity contribution is 9.10. The van der Waals surface area contributed by atoms with Gasteiger partial charge in [-0.15, -0.1) is 0 Å². The molecule has 3 rings (SSSR count). The summed E-state index contributed by atoms with van der Waals surface area (Å²) in [5.74, 6) is -0.327. The zero-order chi connectivity index (χ0) is 12.7. The van der Waals surface area contributed by atoms with Crippen molar-refractivity contribution >= 4 is 39.2 Å². The molecule has 0 saturated carbocycles. The maximum Gasteiger partial charge on any atom is 0.178 e. The van der Waals surface area contributed by atoms with Gasteiger partial charge in [0.2, 0.25) is 0 Å². The smallest absolute Gasteiger partial charge is 0.178 e. The van der Waals surface area contributed by atoms with E-state index in [4.69, 9.17) is 16.7 Å². The van der Waals surface area contributed by atoms with Crippen LogP contribution in [0.1, 0.15) is 5.69 Å². The average molecular weight is 328 g/mol. The Kier molecular flexibility index (Phi) is 2.79. The van der Waals surface area contributed by atoms with Crippen LogP contribution >= 0.6 is 28.1 Å². The van der Waals surface area contributed by atoms with Crippen molar-refractivity contribution < 1.29 is 8.91 Å². The fraction of sp³-hybridized carbons (Fsp3) is 0.0909. The lowest BCUT2D eigenvalue weighted by atomic mass is 10.3. The highest BCUT2D eigenvalue weighted by Gasteiger charge is 2.10. The van der Waals surface area contributed by atoms with Crippen molar-refractivity contribution in [3.63, 3.8) is 0 Å². The molecule has 0 bridgehead atoms. The van der Waals surface area contributed by atoms with E-state index >= 15 is 0 Å². The van der Waals surface area contributed by atoms with Crippen LogP contribution in [0.25, 0.3) is 11.0 Å². The summed E-state index contributed by atoms with van der Waals surface area (Å²) in [6.07, 6.45) is 1.50. The molecule has 0 amide bonds. The molecule has 1 N–H and O–H groups in total.